The van der Waals surface area contributed by atoms with Crippen molar-refractivity contribution in [3.63, 3.8) is 0 Å². The van der Waals surface area contributed by atoms with Crippen LogP contribution in [0.4, 0.5) is 0 Å². The highest BCUT2D eigenvalue weighted by Crippen LogP contribution is 2.53. The van der Waals surface area contributed by atoms with Crippen molar-refractivity contribution in [1.29, 1.82) is 0 Å². The van der Waals surface area contributed by atoms with E-state index in [-0.39, 0.29) is 24.8 Å². The van der Waals surface area contributed by atoms with Crippen LogP contribution in [0.3, 0.4) is 0 Å². The third-order valence-electron chi connectivity index (χ3n) is 6.50. The van der Waals surface area contributed by atoms with Gasteiger partial charge in [0.1, 0.15) is 4.75 Å². The van der Waals surface area contributed by atoms with Gasteiger partial charge >= 0.3 is 0 Å². The van der Waals surface area contributed by atoms with Gasteiger partial charge in [-0.1, -0.05) is 78.7 Å². The number of aliphatic hydroxyl groups is 1. The van der Waals surface area contributed by atoms with Crippen LogP contribution in [0.25, 0.3) is 0 Å². The van der Waals surface area contributed by atoms with E-state index >= 15 is 0 Å². The fourth-order valence-corrected chi connectivity index (χ4v) is 6.23. The Kier molecular flexibility index (Phi) is 8.39. The van der Waals surface area contributed by atoms with Crippen molar-refractivity contribution in [2.75, 3.05) is 6.54 Å². The Labute approximate surface area is 221 Å². The Bertz CT molecular complexity index is 1220. The van der Waals surface area contributed by atoms with E-state index in [4.69, 9.17) is 11.6 Å². The van der Waals surface area contributed by atoms with Crippen LogP contribution in [0, 0.1) is 6.92 Å². The molecule has 0 bridgehead atoms. The van der Waals surface area contributed by atoms with Gasteiger partial charge in [-0.15, -0.1) is 11.8 Å². The molecule has 0 aliphatic carbocycles. The number of carbonyl (C=O) groups is 2. The van der Waals surface area contributed by atoms with Crippen LogP contribution in [-0.2, 0) is 22.7 Å². The van der Waals surface area contributed by atoms with Gasteiger partial charge in [-0.2, -0.15) is 0 Å². The summed E-state index contributed by atoms with van der Waals surface area (Å²) >= 11 is 7.92. The Morgan fingerprint density at radius 3 is 2.44 bits per heavy atom. The second-order valence-corrected chi connectivity index (χ2v) is 11.0. The third-order valence-corrected chi connectivity index (χ3v) is 8.30. The van der Waals surface area contributed by atoms with Gasteiger partial charge in [-0.3, -0.25) is 9.59 Å². The number of carbonyl (C=O) groups excluding carboxylic acids is 2. The van der Waals surface area contributed by atoms with Crippen molar-refractivity contribution in [2.45, 2.75) is 55.5 Å². The first-order valence-electron chi connectivity index (χ1n) is 12.1. The summed E-state index contributed by atoms with van der Waals surface area (Å²) in [7, 11) is 0. The van der Waals surface area contributed by atoms with Gasteiger partial charge < -0.3 is 15.3 Å². The molecule has 7 heteroatoms. The fraction of sp³-hybridized carbons (Fsp3) is 0.310. The summed E-state index contributed by atoms with van der Waals surface area (Å²) in [4.78, 5) is 30.3. The maximum absolute atomic E-state index is 13.9. The summed E-state index contributed by atoms with van der Waals surface area (Å²) in [6.07, 6.45) is 0.863. The van der Waals surface area contributed by atoms with Gasteiger partial charge in [0.2, 0.25) is 11.8 Å². The lowest BCUT2D eigenvalue weighted by Crippen LogP contribution is -2.48. The molecule has 1 aliphatic rings. The Morgan fingerprint density at radius 1 is 1.11 bits per heavy atom. The number of hydrogen-bond donors (Lipinski definition) is 2. The number of thioether (sulfide) groups is 1. The Hall–Kier alpha value is -2.80. The molecule has 5 nitrogen and oxygen atoms in total. The summed E-state index contributed by atoms with van der Waals surface area (Å²) in [5, 5.41) is 13.2. The summed E-state index contributed by atoms with van der Waals surface area (Å²) in [6, 6.07) is 22.5. The topological polar surface area (TPSA) is 69.6 Å². The van der Waals surface area contributed by atoms with Gasteiger partial charge in [0.25, 0.3) is 0 Å². The molecule has 36 heavy (non-hydrogen) atoms. The third kappa shape index (κ3) is 5.46. The molecule has 0 unspecified atom stereocenters. The number of aliphatic hydroxyl groups excluding tert-OH is 1. The molecule has 1 aliphatic heterocycles. The summed E-state index contributed by atoms with van der Waals surface area (Å²) in [5.74, 6) is -0.251. The quantitative estimate of drug-likeness (QED) is 0.380. The van der Waals surface area contributed by atoms with Crippen molar-refractivity contribution in [1.82, 2.24) is 10.2 Å². The minimum atomic E-state index is -1.08. The number of benzene rings is 3. The molecule has 0 radical (unpaired) electrons. The Balaban J connectivity index is 1.84. The van der Waals surface area contributed by atoms with E-state index in [9.17, 15) is 14.7 Å². The lowest BCUT2D eigenvalue weighted by atomic mass is 9.90. The highest BCUT2D eigenvalue weighted by atomic mass is 35.5. The van der Waals surface area contributed by atoms with Gasteiger partial charge in [-0.25, -0.2) is 0 Å². The van der Waals surface area contributed by atoms with E-state index in [1.165, 1.54) is 11.8 Å². The number of nitrogens with one attached hydrogen (secondary N) is 1. The van der Waals surface area contributed by atoms with Crippen molar-refractivity contribution in [2.24, 2.45) is 0 Å². The number of rotatable bonds is 9. The van der Waals surface area contributed by atoms with Gasteiger partial charge in [-0.05, 0) is 48.2 Å². The van der Waals surface area contributed by atoms with Crippen LogP contribution < -0.4 is 5.32 Å². The van der Waals surface area contributed by atoms with Crippen LogP contribution in [0.1, 0.15) is 48.1 Å². The predicted molar refractivity (Wildman–Crippen MR) is 145 cm³/mol. The number of aryl methyl sites for hydroxylation is 1. The average Bonchev–Trinajstić information content (AvgIpc) is 3.16. The summed E-state index contributed by atoms with van der Waals surface area (Å²) in [5.41, 5.74) is 3.57. The van der Waals surface area contributed by atoms with Crippen LogP contribution in [0.15, 0.2) is 77.7 Å². The van der Waals surface area contributed by atoms with E-state index < -0.39 is 10.8 Å². The molecule has 1 fully saturated rings. The zero-order valence-corrected chi connectivity index (χ0v) is 22.1. The molecule has 2 atom stereocenters. The summed E-state index contributed by atoms with van der Waals surface area (Å²) in [6.45, 7) is 4.78. The molecule has 4 rings (SSSR count). The second-order valence-electron chi connectivity index (χ2n) is 9.15. The van der Waals surface area contributed by atoms with Crippen LogP contribution in [0.5, 0.6) is 0 Å². The molecule has 0 aromatic heterocycles. The van der Waals surface area contributed by atoms with Crippen molar-refractivity contribution in [3.05, 3.63) is 100 Å². The number of amides is 2. The first-order chi connectivity index (χ1) is 17.4. The smallest absolute Gasteiger partial charge is 0.239 e. The maximum atomic E-state index is 13.9. The van der Waals surface area contributed by atoms with E-state index in [0.29, 0.717) is 18.1 Å². The molecule has 3 aromatic carbocycles. The van der Waals surface area contributed by atoms with Crippen LogP contribution in [-0.4, -0.2) is 33.1 Å². The van der Waals surface area contributed by atoms with E-state index in [0.717, 1.165) is 33.6 Å². The van der Waals surface area contributed by atoms with Gasteiger partial charge in [0.05, 0.1) is 19.1 Å². The fourth-order valence-electron chi connectivity index (χ4n) is 4.61. The van der Waals surface area contributed by atoms with Crippen molar-refractivity contribution < 1.29 is 14.7 Å². The molecule has 2 N–H and O–H groups in total. The average molecular weight is 523 g/mol. The van der Waals surface area contributed by atoms with E-state index in [1.807, 2.05) is 86.6 Å². The molecule has 2 amide bonds. The Morgan fingerprint density at radius 2 is 1.81 bits per heavy atom. The molecule has 3 aromatic rings. The second kappa shape index (κ2) is 11.5. The largest absolute Gasteiger partial charge is 0.392 e. The molecule has 0 saturated carbocycles. The number of hydrogen-bond acceptors (Lipinski definition) is 4. The predicted octanol–water partition coefficient (Wildman–Crippen LogP) is 5.67. The number of likely N-dealkylation sites (tertiary alicyclic amines) is 1. The van der Waals surface area contributed by atoms with Gasteiger partial charge in [0.15, 0.2) is 0 Å². The molecule has 1 saturated heterocycles. The van der Waals surface area contributed by atoms with Crippen molar-refractivity contribution >= 4 is 35.2 Å². The standard InChI is InChI=1S/C29H31ClN2O3S/c1-3-16-31-28(35)29(36-24-14-8-20(2)9-15-24)17-26(34)32(18-23-6-4-5-7-25(23)30)27(29)22-12-10-21(19-33)11-13-22/h4-15,27,33H,3,16-19H2,1-2H3,(H,31,35)/t27-,29-/m1/s1. The maximum Gasteiger partial charge on any atom is 0.239 e. The minimum Gasteiger partial charge on any atom is -0.392 e. The van der Waals surface area contributed by atoms with E-state index in [1.54, 1.807) is 4.90 Å². The highest BCUT2D eigenvalue weighted by molar-refractivity contribution is 8.01. The SMILES string of the molecule is CCCNC(=O)[C@@]1(Sc2ccc(C)cc2)CC(=O)N(Cc2ccccc2Cl)[C@@H]1c1ccc(CO)cc1. The van der Waals surface area contributed by atoms with Gasteiger partial charge in [0, 0.05) is 23.0 Å². The number of halogens is 1. The lowest BCUT2D eigenvalue weighted by Gasteiger charge is -2.37. The zero-order chi connectivity index (χ0) is 25.7. The lowest BCUT2D eigenvalue weighted by molar-refractivity contribution is -0.129. The highest BCUT2D eigenvalue weighted by Gasteiger charge is 2.58. The normalized spacial score (nSPS) is 19.5. The van der Waals surface area contributed by atoms with Crippen molar-refractivity contribution in [3.8, 4) is 0 Å². The molecule has 0 spiro atoms. The summed E-state index contributed by atoms with van der Waals surface area (Å²) < 4.78 is -1.08. The molecular formula is C29H31ClN2O3S. The molecular weight excluding hydrogens is 492 g/mol. The van der Waals surface area contributed by atoms with Crippen LogP contribution >= 0.6 is 23.4 Å². The molecule has 1 heterocycles. The molecule has 188 valence electrons. The first kappa shape index (κ1) is 26.3. The first-order valence-corrected chi connectivity index (χ1v) is 13.3. The monoisotopic (exact) mass is 522 g/mol. The number of nitrogens with zero attached hydrogens (tertiary/aromatic N) is 1. The minimum absolute atomic E-state index is 0.0674. The van der Waals surface area contributed by atoms with Crippen LogP contribution in [0.2, 0.25) is 5.02 Å². The van der Waals surface area contributed by atoms with E-state index in [2.05, 4.69) is 5.32 Å². The zero-order valence-electron chi connectivity index (χ0n) is 20.5.